The number of likely N-dealkylation sites (N-methyl/N-ethyl adjacent to an activating group) is 1. The van der Waals surface area contributed by atoms with Gasteiger partial charge in [-0.15, -0.1) is 0 Å². The summed E-state index contributed by atoms with van der Waals surface area (Å²) in [5.74, 6) is 1.08. The number of nitrogens with zero attached hydrogens (tertiary/aromatic N) is 5. The number of rotatable bonds is 5. The van der Waals surface area contributed by atoms with E-state index in [1.165, 1.54) is 6.92 Å². The molecule has 1 fully saturated rings. The third-order valence-electron chi connectivity index (χ3n) is 5.98. The van der Waals surface area contributed by atoms with Gasteiger partial charge in [0, 0.05) is 43.8 Å². The third kappa shape index (κ3) is 5.51. The summed E-state index contributed by atoms with van der Waals surface area (Å²) < 4.78 is 3.50. The van der Waals surface area contributed by atoms with E-state index in [1.807, 2.05) is 49.2 Å². The average Bonchev–Trinajstić information content (AvgIpc) is 2.91. The van der Waals surface area contributed by atoms with Gasteiger partial charge in [-0.1, -0.05) is 17.7 Å². The molecule has 3 aromatic rings. The summed E-state index contributed by atoms with van der Waals surface area (Å²) in [6.07, 6.45) is 2.45. The number of aryl methyl sites for hydroxylation is 1. The molecule has 188 valence electrons. The molecule has 5 rings (SSSR count). The molecule has 2 N–H and O–H groups in total. The number of fused-ring (bicyclic) bond motifs is 2. The smallest absolute Gasteiger partial charge is 0.260 e. The number of carbonyl (C=O) groups excluding carboxylic acids is 2. The van der Waals surface area contributed by atoms with Crippen molar-refractivity contribution in [2.24, 2.45) is 0 Å². The number of carbonyl (C=O) groups is 2. The zero-order valence-corrected chi connectivity index (χ0v) is 22.0. The van der Waals surface area contributed by atoms with Crippen molar-refractivity contribution in [2.75, 3.05) is 49.3 Å². The van der Waals surface area contributed by atoms with Crippen LogP contribution in [0.5, 0.6) is 0 Å². The molecule has 2 aliphatic heterocycles. The quantitative estimate of drug-likeness (QED) is 0.394. The Balaban J connectivity index is 0.000000967. The van der Waals surface area contributed by atoms with Crippen molar-refractivity contribution < 1.29 is 9.59 Å². The minimum atomic E-state index is -0.0708. The lowest BCUT2D eigenvalue weighted by atomic mass is 10.1. The van der Waals surface area contributed by atoms with Crippen LogP contribution >= 0.6 is 11.9 Å². The molecule has 0 bridgehead atoms. The maximum atomic E-state index is 13.1. The molecule has 0 saturated carbocycles. The summed E-state index contributed by atoms with van der Waals surface area (Å²) in [7, 11) is 5.81. The number of hydrogen-bond donors (Lipinski definition) is 2. The van der Waals surface area contributed by atoms with Crippen molar-refractivity contribution in [3.63, 3.8) is 0 Å². The second kappa shape index (κ2) is 11.1. The first-order chi connectivity index (χ1) is 17.3. The SMILES string of the molecule is CC=O.Cc1ccc2c(c1)C(=O)N(C)c1cnc(Nc3cccc(SNC4CN(C)C4)c3)nc1N2C. The molecule has 0 unspecified atom stereocenters. The standard InChI is InChI=1S/C24H27N7OS.C2H4O/c1-15-8-9-20-19(10-15)23(32)31(4)21-12-25-24(27-22(21)30(20)3)26-16-6-5-7-18(11-16)33-28-17-13-29(2)14-17;1-2-3/h5-12,17,28H,13-14H2,1-4H3,(H,25,26,27);2H,1H3. The summed E-state index contributed by atoms with van der Waals surface area (Å²) in [6.45, 7) is 5.57. The van der Waals surface area contributed by atoms with Crippen LogP contribution in [-0.2, 0) is 4.79 Å². The normalized spacial score (nSPS) is 15.2. The van der Waals surface area contributed by atoms with Crippen molar-refractivity contribution in [1.29, 1.82) is 0 Å². The van der Waals surface area contributed by atoms with Crippen molar-refractivity contribution >= 4 is 53.0 Å². The van der Waals surface area contributed by atoms with Gasteiger partial charge in [-0.05, 0) is 63.2 Å². The number of aldehydes is 1. The molecule has 0 aliphatic carbocycles. The number of nitrogens with one attached hydrogen (secondary N) is 2. The van der Waals surface area contributed by atoms with Crippen LogP contribution in [0.15, 0.2) is 53.6 Å². The molecule has 1 saturated heterocycles. The molecule has 2 aromatic carbocycles. The van der Waals surface area contributed by atoms with E-state index in [1.54, 1.807) is 30.1 Å². The van der Waals surface area contributed by atoms with Crippen LogP contribution in [-0.4, -0.2) is 67.3 Å². The fourth-order valence-electron chi connectivity index (χ4n) is 4.12. The largest absolute Gasteiger partial charge is 0.327 e. The van der Waals surface area contributed by atoms with E-state index in [0.29, 0.717) is 29.1 Å². The van der Waals surface area contributed by atoms with E-state index in [9.17, 15) is 4.79 Å². The van der Waals surface area contributed by atoms with Crippen LogP contribution in [0.2, 0.25) is 0 Å². The maximum Gasteiger partial charge on any atom is 0.260 e. The molecule has 9 nitrogen and oxygen atoms in total. The van der Waals surface area contributed by atoms with E-state index in [0.717, 1.165) is 41.2 Å². The Labute approximate surface area is 216 Å². The van der Waals surface area contributed by atoms with E-state index in [2.05, 4.69) is 39.1 Å². The zero-order chi connectivity index (χ0) is 25.8. The molecule has 0 spiro atoms. The Morgan fingerprint density at radius 3 is 2.53 bits per heavy atom. The second-order valence-electron chi connectivity index (χ2n) is 8.87. The Hall–Kier alpha value is -3.47. The lowest BCUT2D eigenvalue weighted by Gasteiger charge is -2.36. The Morgan fingerprint density at radius 1 is 1.06 bits per heavy atom. The predicted octanol–water partition coefficient (Wildman–Crippen LogP) is 4.00. The van der Waals surface area contributed by atoms with Crippen LogP contribution in [0.3, 0.4) is 0 Å². The average molecular weight is 506 g/mol. The maximum absolute atomic E-state index is 13.1. The molecular weight excluding hydrogens is 474 g/mol. The Bertz CT molecular complexity index is 1260. The summed E-state index contributed by atoms with van der Waals surface area (Å²) in [5.41, 5.74) is 4.10. The van der Waals surface area contributed by atoms with Gasteiger partial charge in [0.15, 0.2) is 5.82 Å². The van der Waals surface area contributed by atoms with E-state index < -0.39 is 0 Å². The summed E-state index contributed by atoms with van der Waals surface area (Å²) in [6, 6.07) is 14.6. The van der Waals surface area contributed by atoms with Gasteiger partial charge < -0.3 is 24.8 Å². The fourth-order valence-corrected chi connectivity index (χ4v) is 4.90. The Morgan fingerprint density at radius 2 is 1.81 bits per heavy atom. The van der Waals surface area contributed by atoms with Crippen LogP contribution in [0.1, 0.15) is 22.8 Å². The fraction of sp³-hybridized carbons (Fsp3) is 0.308. The first-order valence-corrected chi connectivity index (χ1v) is 12.5. The first kappa shape index (κ1) is 25.6. The van der Waals surface area contributed by atoms with Crippen molar-refractivity contribution in [3.05, 3.63) is 59.8 Å². The van der Waals surface area contributed by atoms with Gasteiger partial charge in [-0.25, -0.2) is 4.98 Å². The van der Waals surface area contributed by atoms with Gasteiger partial charge in [0.05, 0.1) is 17.4 Å². The van der Waals surface area contributed by atoms with Crippen LogP contribution in [0, 0.1) is 6.92 Å². The van der Waals surface area contributed by atoms with Crippen LogP contribution < -0.4 is 19.8 Å². The molecule has 0 atom stereocenters. The van der Waals surface area contributed by atoms with Gasteiger partial charge in [0.25, 0.3) is 5.91 Å². The summed E-state index contributed by atoms with van der Waals surface area (Å²) in [4.78, 5) is 38.1. The Kier molecular flexibility index (Phi) is 7.88. The number of aromatic nitrogens is 2. The minimum absolute atomic E-state index is 0.0708. The number of likely N-dealkylation sites (tertiary alicyclic amines) is 1. The molecule has 1 amide bonds. The number of hydrogen-bond acceptors (Lipinski definition) is 9. The lowest BCUT2D eigenvalue weighted by molar-refractivity contribution is -0.106. The topological polar surface area (TPSA) is 93.7 Å². The first-order valence-electron chi connectivity index (χ1n) is 11.7. The van der Waals surface area contributed by atoms with Gasteiger partial charge >= 0.3 is 0 Å². The zero-order valence-electron chi connectivity index (χ0n) is 21.1. The highest BCUT2D eigenvalue weighted by atomic mass is 32.2. The highest BCUT2D eigenvalue weighted by molar-refractivity contribution is 7.97. The van der Waals surface area contributed by atoms with Crippen molar-refractivity contribution in [1.82, 2.24) is 19.6 Å². The molecule has 3 heterocycles. The number of amides is 1. The summed E-state index contributed by atoms with van der Waals surface area (Å²) >= 11 is 1.64. The van der Waals surface area contributed by atoms with Crippen LogP contribution in [0.25, 0.3) is 0 Å². The van der Waals surface area contributed by atoms with E-state index >= 15 is 0 Å². The van der Waals surface area contributed by atoms with Gasteiger partial charge in [0.1, 0.15) is 12.0 Å². The molecule has 2 aliphatic rings. The number of benzene rings is 2. The highest BCUT2D eigenvalue weighted by Gasteiger charge is 2.29. The van der Waals surface area contributed by atoms with E-state index in [-0.39, 0.29) is 5.91 Å². The molecule has 36 heavy (non-hydrogen) atoms. The summed E-state index contributed by atoms with van der Waals surface area (Å²) in [5, 5.41) is 3.32. The molecule has 0 radical (unpaired) electrons. The van der Waals surface area contributed by atoms with Crippen LogP contribution in [0.4, 0.5) is 28.8 Å². The molecule has 10 heteroatoms. The number of anilines is 5. The molecule has 1 aromatic heterocycles. The monoisotopic (exact) mass is 505 g/mol. The van der Waals surface area contributed by atoms with Gasteiger partial charge in [-0.2, -0.15) is 4.98 Å². The van der Waals surface area contributed by atoms with Crippen molar-refractivity contribution in [2.45, 2.75) is 24.8 Å². The van der Waals surface area contributed by atoms with Gasteiger partial charge in [0.2, 0.25) is 5.95 Å². The minimum Gasteiger partial charge on any atom is -0.327 e. The lowest BCUT2D eigenvalue weighted by Crippen LogP contribution is -2.54. The third-order valence-corrected chi connectivity index (χ3v) is 6.92. The van der Waals surface area contributed by atoms with E-state index in [4.69, 9.17) is 9.78 Å². The van der Waals surface area contributed by atoms with Gasteiger partial charge in [-0.3, -0.25) is 9.52 Å². The van der Waals surface area contributed by atoms with Crippen molar-refractivity contribution in [3.8, 4) is 0 Å². The second-order valence-corrected chi connectivity index (χ2v) is 9.78. The molecular formula is C26H31N7O2S. The highest BCUT2D eigenvalue weighted by Crippen LogP contribution is 2.38. The predicted molar refractivity (Wildman–Crippen MR) is 146 cm³/mol.